The number of aromatic nitrogens is 3. The first kappa shape index (κ1) is 15.0. The highest BCUT2D eigenvalue weighted by Crippen LogP contribution is 2.39. The molecule has 0 aliphatic heterocycles. The number of aryl methyl sites for hydroxylation is 1. The van der Waals surface area contributed by atoms with Gasteiger partial charge in [-0.05, 0) is 62.3 Å². The van der Waals surface area contributed by atoms with Crippen LogP contribution in [-0.4, -0.2) is 27.4 Å². The summed E-state index contributed by atoms with van der Waals surface area (Å²) in [5.41, 5.74) is 0. The van der Waals surface area contributed by atoms with Crippen molar-refractivity contribution in [2.24, 2.45) is 30.7 Å². The molecule has 2 aliphatic carbocycles. The van der Waals surface area contributed by atoms with Crippen molar-refractivity contribution in [2.45, 2.75) is 58.4 Å². The topological polar surface area (TPSA) is 42.7 Å². The molecule has 1 N–H and O–H groups in total. The van der Waals surface area contributed by atoms with Crippen molar-refractivity contribution in [3.8, 4) is 0 Å². The molecule has 4 nitrogen and oxygen atoms in total. The lowest BCUT2D eigenvalue weighted by atomic mass is 9.69. The number of nitrogens with one attached hydrogen (secondary N) is 1. The third kappa shape index (κ3) is 3.85. The summed E-state index contributed by atoms with van der Waals surface area (Å²) < 4.78 is 1.95. The average Bonchev–Trinajstić information content (AvgIpc) is 3.21. The van der Waals surface area contributed by atoms with Gasteiger partial charge < -0.3 is 5.32 Å². The molecule has 1 aromatic heterocycles. The van der Waals surface area contributed by atoms with Crippen LogP contribution in [0.5, 0.6) is 0 Å². The molecule has 0 radical (unpaired) electrons. The predicted molar refractivity (Wildman–Crippen MR) is 84.9 cm³/mol. The van der Waals surface area contributed by atoms with E-state index in [0.29, 0.717) is 0 Å². The summed E-state index contributed by atoms with van der Waals surface area (Å²) in [7, 11) is 2.02. The third-order valence-electron chi connectivity index (χ3n) is 5.62. The quantitative estimate of drug-likeness (QED) is 0.876. The maximum atomic E-state index is 4.45. The molecule has 1 aromatic rings. The first-order valence-corrected chi connectivity index (χ1v) is 8.69. The Morgan fingerprint density at radius 2 is 2.05 bits per heavy atom. The van der Waals surface area contributed by atoms with Crippen molar-refractivity contribution in [2.75, 3.05) is 6.54 Å². The molecule has 118 valence electrons. The van der Waals surface area contributed by atoms with Gasteiger partial charge >= 0.3 is 0 Å². The van der Waals surface area contributed by atoms with E-state index in [4.69, 9.17) is 0 Å². The van der Waals surface area contributed by atoms with Crippen molar-refractivity contribution in [1.29, 1.82) is 0 Å². The molecule has 0 aromatic carbocycles. The minimum absolute atomic E-state index is 0.764. The van der Waals surface area contributed by atoms with Gasteiger partial charge in [0.1, 0.15) is 12.2 Å². The molecule has 3 unspecified atom stereocenters. The molecule has 0 spiro atoms. The fourth-order valence-electron chi connectivity index (χ4n) is 3.83. The summed E-state index contributed by atoms with van der Waals surface area (Å²) in [6.07, 6.45) is 9.70. The lowest BCUT2D eigenvalue weighted by Gasteiger charge is -2.38. The van der Waals surface area contributed by atoms with Crippen molar-refractivity contribution >= 4 is 0 Å². The lowest BCUT2D eigenvalue weighted by Crippen LogP contribution is -2.36. The van der Waals surface area contributed by atoms with Crippen LogP contribution in [0.2, 0.25) is 0 Å². The minimum Gasteiger partial charge on any atom is -0.314 e. The van der Waals surface area contributed by atoms with Crippen LogP contribution in [0.25, 0.3) is 0 Å². The lowest BCUT2D eigenvalue weighted by molar-refractivity contribution is 0.142. The Balaban J connectivity index is 1.64. The van der Waals surface area contributed by atoms with E-state index in [1.54, 1.807) is 6.33 Å². The van der Waals surface area contributed by atoms with Crippen LogP contribution in [0.15, 0.2) is 6.33 Å². The van der Waals surface area contributed by atoms with Crippen molar-refractivity contribution < 1.29 is 0 Å². The first-order chi connectivity index (χ1) is 10.1. The van der Waals surface area contributed by atoms with Crippen molar-refractivity contribution in [3.05, 3.63) is 12.2 Å². The molecular formula is C17H30N4. The van der Waals surface area contributed by atoms with Crippen LogP contribution >= 0.6 is 0 Å². The summed E-state index contributed by atoms with van der Waals surface area (Å²) in [5, 5.41) is 7.99. The second-order valence-corrected chi connectivity index (χ2v) is 7.52. The molecule has 0 amide bonds. The molecule has 2 saturated carbocycles. The molecule has 0 bridgehead atoms. The van der Waals surface area contributed by atoms with E-state index in [-0.39, 0.29) is 0 Å². The average molecular weight is 290 g/mol. The van der Waals surface area contributed by atoms with Crippen LogP contribution in [0.1, 0.15) is 51.8 Å². The van der Waals surface area contributed by atoms with Crippen LogP contribution in [0.3, 0.4) is 0 Å². The maximum absolute atomic E-state index is 4.45. The highest BCUT2D eigenvalue weighted by molar-refractivity contribution is 4.93. The highest BCUT2D eigenvalue weighted by Gasteiger charge is 2.33. The standard InChI is InChI=1S/C17H30N4/c1-12(2)13-4-5-14(10-18-16-6-7-16)15(8-13)9-17-19-11-20-21(17)3/h11-16,18H,4-10H2,1-3H3. The molecule has 3 rings (SSSR count). The molecule has 21 heavy (non-hydrogen) atoms. The predicted octanol–water partition coefficient (Wildman–Crippen LogP) is 2.80. The zero-order valence-corrected chi connectivity index (χ0v) is 13.8. The van der Waals surface area contributed by atoms with E-state index in [2.05, 4.69) is 29.2 Å². The Hall–Kier alpha value is -0.900. The number of hydrogen-bond acceptors (Lipinski definition) is 3. The highest BCUT2D eigenvalue weighted by atomic mass is 15.3. The van der Waals surface area contributed by atoms with Gasteiger partial charge in [0.15, 0.2) is 0 Å². The molecule has 0 saturated heterocycles. The second kappa shape index (κ2) is 6.47. The Bertz CT molecular complexity index is 449. The summed E-state index contributed by atoms with van der Waals surface area (Å²) in [5.74, 6) is 4.43. The van der Waals surface area contributed by atoms with E-state index in [1.165, 1.54) is 38.6 Å². The molecular weight excluding hydrogens is 260 g/mol. The second-order valence-electron chi connectivity index (χ2n) is 7.52. The summed E-state index contributed by atoms with van der Waals surface area (Å²) >= 11 is 0. The van der Waals surface area contributed by atoms with Gasteiger partial charge in [-0.2, -0.15) is 5.10 Å². The van der Waals surface area contributed by atoms with Gasteiger partial charge in [0.25, 0.3) is 0 Å². The van der Waals surface area contributed by atoms with E-state index in [1.807, 2.05) is 11.7 Å². The Morgan fingerprint density at radius 1 is 1.24 bits per heavy atom. The molecule has 1 heterocycles. The fraction of sp³-hybridized carbons (Fsp3) is 0.882. The smallest absolute Gasteiger partial charge is 0.138 e. The van der Waals surface area contributed by atoms with Crippen LogP contribution in [0, 0.1) is 23.7 Å². The van der Waals surface area contributed by atoms with Gasteiger partial charge in [0, 0.05) is 19.5 Å². The Labute approximate surface area is 128 Å². The van der Waals surface area contributed by atoms with Crippen LogP contribution in [-0.2, 0) is 13.5 Å². The molecule has 3 atom stereocenters. The van der Waals surface area contributed by atoms with Gasteiger partial charge in [0.05, 0.1) is 0 Å². The van der Waals surface area contributed by atoms with Gasteiger partial charge in [-0.25, -0.2) is 4.98 Å². The number of rotatable bonds is 6. The van der Waals surface area contributed by atoms with Crippen LogP contribution < -0.4 is 5.32 Å². The van der Waals surface area contributed by atoms with Crippen LogP contribution in [0.4, 0.5) is 0 Å². The Morgan fingerprint density at radius 3 is 2.67 bits per heavy atom. The van der Waals surface area contributed by atoms with Gasteiger partial charge in [-0.1, -0.05) is 13.8 Å². The SMILES string of the molecule is CC(C)C1CCC(CNC2CC2)C(Cc2ncnn2C)C1. The molecule has 4 heteroatoms. The first-order valence-electron chi connectivity index (χ1n) is 8.69. The van der Waals surface area contributed by atoms with E-state index in [0.717, 1.165) is 42.0 Å². The molecule has 2 aliphatic rings. The van der Waals surface area contributed by atoms with E-state index in [9.17, 15) is 0 Å². The van der Waals surface area contributed by atoms with E-state index < -0.39 is 0 Å². The number of hydrogen-bond donors (Lipinski definition) is 1. The van der Waals surface area contributed by atoms with Gasteiger partial charge in [0.2, 0.25) is 0 Å². The summed E-state index contributed by atoms with van der Waals surface area (Å²) in [6.45, 7) is 5.97. The Kier molecular flexibility index (Phi) is 4.63. The van der Waals surface area contributed by atoms with Crippen molar-refractivity contribution in [3.63, 3.8) is 0 Å². The minimum atomic E-state index is 0.764. The van der Waals surface area contributed by atoms with E-state index >= 15 is 0 Å². The van der Waals surface area contributed by atoms with Gasteiger partial charge in [-0.15, -0.1) is 0 Å². The summed E-state index contributed by atoms with van der Waals surface area (Å²) in [4.78, 5) is 4.45. The zero-order valence-electron chi connectivity index (χ0n) is 13.8. The largest absolute Gasteiger partial charge is 0.314 e. The third-order valence-corrected chi connectivity index (χ3v) is 5.62. The maximum Gasteiger partial charge on any atom is 0.138 e. The fourth-order valence-corrected chi connectivity index (χ4v) is 3.83. The normalized spacial score (nSPS) is 30.0. The summed E-state index contributed by atoms with van der Waals surface area (Å²) in [6, 6.07) is 0.823. The molecule has 2 fully saturated rings. The van der Waals surface area contributed by atoms with Crippen molar-refractivity contribution in [1.82, 2.24) is 20.1 Å². The monoisotopic (exact) mass is 290 g/mol. The number of nitrogens with zero attached hydrogens (tertiary/aromatic N) is 3. The zero-order chi connectivity index (χ0) is 14.8. The van der Waals surface area contributed by atoms with Gasteiger partial charge in [-0.3, -0.25) is 4.68 Å².